The van der Waals surface area contributed by atoms with Crippen molar-refractivity contribution in [3.63, 3.8) is 0 Å². The van der Waals surface area contributed by atoms with E-state index in [4.69, 9.17) is 4.74 Å². The lowest BCUT2D eigenvalue weighted by atomic mass is 10.1. The van der Waals surface area contributed by atoms with Crippen LogP contribution in [0.4, 0.5) is 18.3 Å². The summed E-state index contributed by atoms with van der Waals surface area (Å²) in [6, 6.07) is 14.0. The van der Waals surface area contributed by atoms with Gasteiger partial charge in [-0.15, -0.1) is 10.2 Å². The number of nitrogens with zero attached hydrogens (tertiary/aromatic N) is 2. The molecule has 5 nitrogen and oxygen atoms in total. The van der Waals surface area contributed by atoms with Crippen LogP contribution in [-0.4, -0.2) is 22.7 Å². The molecule has 146 valence electrons. The molecule has 0 radical (unpaired) electrons. The number of anilines is 1. The van der Waals surface area contributed by atoms with Gasteiger partial charge in [0.15, 0.2) is 10.9 Å². The molecule has 0 saturated carbocycles. The van der Waals surface area contributed by atoms with Crippen LogP contribution in [-0.2, 0) is 16.7 Å². The van der Waals surface area contributed by atoms with Crippen LogP contribution in [0.1, 0.15) is 11.1 Å². The van der Waals surface area contributed by atoms with Gasteiger partial charge in [-0.3, -0.25) is 10.1 Å². The van der Waals surface area contributed by atoms with Gasteiger partial charge in [0.2, 0.25) is 5.13 Å². The Morgan fingerprint density at radius 3 is 2.64 bits per heavy atom. The van der Waals surface area contributed by atoms with Crippen LogP contribution in [0, 0.1) is 0 Å². The lowest BCUT2D eigenvalue weighted by Gasteiger charge is -2.07. The maximum Gasteiger partial charge on any atom is 0.416 e. The van der Waals surface area contributed by atoms with Gasteiger partial charge >= 0.3 is 6.18 Å². The molecule has 0 aliphatic heterocycles. The summed E-state index contributed by atoms with van der Waals surface area (Å²) in [7, 11) is 0. The second kappa shape index (κ2) is 9.07. The number of amides is 1. The largest absolute Gasteiger partial charge is 0.484 e. The highest BCUT2D eigenvalue weighted by Gasteiger charge is 2.30. The highest BCUT2D eigenvalue weighted by atomic mass is 32.2. The number of thioether (sulfide) groups is 1. The summed E-state index contributed by atoms with van der Waals surface area (Å²) < 4.78 is 44.1. The minimum absolute atomic E-state index is 0.170. The molecule has 1 N–H and O–H groups in total. The fourth-order valence-electron chi connectivity index (χ4n) is 2.12. The molecule has 3 aromatic rings. The van der Waals surface area contributed by atoms with Crippen LogP contribution >= 0.6 is 23.1 Å². The van der Waals surface area contributed by atoms with E-state index in [1.165, 1.54) is 17.8 Å². The molecule has 3 rings (SSSR count). The molecule has 0 saturated heterocycles. The summed E-state index contributed by atoms with van der Waals surface area (Å²) in [5, 5.41) is 10.7. The average molecular weight is 425 g/mol. The number of rotatable bonds is 7. The Morgan fingerprint density at radius 1 is 1.11 bits per heavy atom. The Hall–Kier alpha value is -2.59. The number of alkyl halides is 3. The molecular formula is C18H14F3N3O2S2. The third-order valence-electron chi connectivity index (χ3n) is 3.38. The third-order valence-corrected chi connectivity index (χ3v) is 5.43. The number of halogens is 3. The zero-order valence-corrected chi connectivity index (χ0v) is 15.9. The van der Waals surface area contributed by atoms with Gasteiger partial charge in [-0.2, -0.15) is 13.2 Å². The van der Waals surface area contributed by atoms with Gasteiger partial charge in [0.25, 0.3) is 5.91 Å². The fourth-order valence-corrected chi connectivity index (χ4v) is 3.83. The Bertz CT molecular complexity index is 933. The van der Waals surface area contributed by atoms with Gasteiger partial charge in [0.05, 0.1) is 5.56 Å². The molecule has 0 aliphatic rings. The van der Waals surface area contributed by atoms with Crippen LogP contribution in [0.2, 0.25) is 0 Å². The number of hydrogen-bond acceptors (Lipinski definition) is 6. The maximum atomic E-state index is 12.7. The van der Waals surface area contributed by atoms with E-state index in [1.54, 1.807) is 30.3 Å². The molecule has 0 bridgehead atoms. The molecule has 0 aliphatic carbocycles. The molecule has 0 atom stereocenters. The Labute approximate surface area is 166 Å². The van der Waals surface area contributed by atoms with E-state index in [1.807, 2.05) is 6.07 Å². The highest BCUT2D eigenvalue weighted by molar-refractivity contribution is 8.00. The summed E-state index contributed by atoms with van der Waals surface area (Å²) in [6.45, 7) is -0.170. The van der Waals surface area contributed by atoms with Crippen molar-refractivity contribution < 1.29 is 22.7 Å². The van der Waals surface area contributed by atoms with E-state index < -0.39 is 11.7 Å². The zero-order chi connectivity index (χ0) is 20.0. The molecular weight excluding hydrogens is 411 g/mol. The van der Waals surface area contributed by atoms with Crippen molar-refractivity contribution in [2.45, 2.75) is 16.3 Å². The van der Waals surface area contributed by atoms with E-state index in [-0.39, 0.29) is 12.5 Å². The standard InChI is InChI=1S/C18H14F3N3O2S2/c19-18(20,21)13-6-4-5-12(9-13)11-27-17-24-23-16(28-17)22-15(25)10-26-14-7-2-1-3-8-14/h1-9H,10-11H2,(H,22,23,25). The number of aromatic nitrogens is 2. The van der Waals surface area contributed by atoms with Crippen molar-refractivity contribution in [2.75, 3.05) is 11.9 Å². The predicted molar refractivity (Wildman–Crippen MR) is 101 cm³/mol. The van der Waals surface area contributed by atoms with Gasteiger partial charge in [-0.05, 0) is 23.8 Å². The SMILES string of the molecule is O=C(COc1ccccc1)Nc1nnc(SCc2cccc(C(F)(F)F)c2)s1. The van der Waals surface area contributed by atoms with E-state index in [2.05, 4.69) is 15.5 Å². The molecule has 1 heterocycles. The van der Waals surface area contributed by atoms with Crippen LogP contribution in [0.5, 0.6) is 5.75 Å². The topological polar surface area (TPSA) is 64.1 Å². The number of carbonyl (C=O) groups excluding carboxylic acids is 1. The van der Waals surface area contributed by atoms with Crippen LogP contribution < -0.4 is 10.1 Å². The smallest absolute Gasteiger partial charge is 0.416 e. The lowest BCUT2D eigenvalue weighted by molar-refractivity contribution is -0.137. The summed E-state index contributed by atoms with van der Waals surface area (Å²) in [4.78, 5) is 11.9. The monoisotopic (exact) mass is 425 g/mol. The second-order valence-electron chi connectivity index (χ2n) is 5.51. The first kappa shape index (κ1) is 20.2. The molecule has 28 heavy (non-hydrogen) atoms. The van der Waals surface area contributed by atoms with Crippen molar-refractivity contribution in [1.82, 2.24) is 10.2 Å². The van der Waals surface area contributed by atoms with E-state index in [0.29, 0.717) is 26.5 Å². The molecule has 0 spiro atoms. The van der Waals surface area contributed by atoms with Gasteiger partial charge in [0, 0.05) is 5.75 Å². The zero-order valence-electron chi connectivity index (χ0n) is 14.3. The van der Waals surface area contributed by atoms with Crippen molar-refractivity contribution in [1.29, 1.82) is 0 Å². The number of ether oxygens (including phenoxy) is 1. The molecule has 10 heteroatoms. The van der Waals surface area contributed by atoms with Crippen LogP contribution in [0.25, 0.3) is 0 Å². The highest BCUT2D eigenvalue weighted by Crippen LogP contribution is 2.32. The van der Waals surface area contributed by atoms with Gasteiger partial charge < -0.3 is 4.74 Å². The first-order chi connectivity index (χ1) is 13.4. The number of para-hydroxylation sites is 1. The van der Waals surface area contributed by atoms with Gasteiger partial charge in [-0.1, -0.05) is 59.5 Å². The van der Waals surface area contributed by atoms with Crippen LogP contribution in [0.15, 0.2) is 58.9 Å². The van der Waals surface area contributed by atoms with E-state index in [9.17, 15) is 18.0 Å². The predicted octanol–water partition coefficient (Wildman–Crippen LogP) is 4.87. The molecule has 1 amide bonds. The second-order valence-corrected chi connectivity index (χ2v) is 7.71. The van der Waals surface area contributed by atoms with Crippen molar-refractivity contribution in [3.8, 4) is 5.75 Å². The number of carbonyl (C=O) groups is 1. The number of benzene rings is 2. The Morgan fingerprint density at radius 2 is 1.89 bits per heavy atom. The first-order valence-corrected chi connectivity index (χ1v) is 9.80. The maximum absolute atomic E-state index is 12.7. The van der Waals surface area contributed by atoms with Gasteiger partial charge in [-0.25, -0.2) is 0 Å². The van der Waals surface area contributed by atoms with Gasteiger partial charge in [0.1, 0.15) is 5.75 Å². The summed E-state index contributed by atoms with van der Waals surface area (Å²) >= 11 is 2.39. The molecule has 1 aromatic heterocycles. The fraction of sp³-hybridized carbons (Fsp3) is 0.167. The number of nitrogens with one attached hydrogen (secondary N) is 1. The quantitative estimate of drug-likeness (QED) is 0.432. The Kier molecular flexibility index (Phi) is 6.53. The normalized spacial score (nSPS) is 11.2. The number of hydrogen-bond donors (Lipinski definition) is 1. The van der Waals surface area contributed by atoms with Crippen LogP contribution in [0.3, 0.4) is 0 Å². The summed E-state index contributed by atoms with van der Waals surface area (Å²) in [6.07, 6.45) is -4.37. The summed E-state index contributed by atoms with van der Waals surface area (Å²) in [5.41, 5.74) is -0.161. The lowest BCUT2D eigenvalue weighted by Crippen LogP contribution is -2.20. The minimum atomic E-state index is -4.37. The summed E-state index contributed by atoms with van der Waals surface area (Å²) in [5.74, 6) is 0.505. The minimum Gasteiger partial charge on any atom is -0.484 e. The molecule has 0 fully saturated rings. The third kappa shape index (κ3) is 5.96. The van der Waals surface area contributed by atoms with E-state index >= 15 is 0 Å². The molecule has 0 unspecified atom stereocenters. The van der Waals surface area contributed by atoms with Crippen molar-refractivity contribution in [2.24, 2.45) is 0 Å². The van der Waals surface area contributed by atoms with Crippen molar-refractivity contribution in [3.05, 3.63) is 65.7 Å². The average Bonchev–Trinajstić information content (AvgIpc) is 3.12. The first-order valence-electron chi connectivity index (χ1n) is 8.00. The molecule has 2 aromatic carbocycles. The van der Waals surface area contributed by atoms with Crippen molar-refractivity contribution >= 4 is 34.1 Å². The Balaban J connectivity index is 1.49. The van der Waals surface area contributed by atoms with E-state index in [0.717, 1.165) is 23.5 Å².